The summed E-state index contributed by atoms with van der Waals surface area (Å²) in [6.07, 6.45) is 0. The Balaban J connectivity index is 1.53. The minimum absolute atomic E-state index is 0.00100. The molecule has 1 aliphatic heterocycles. The molecule has 0 bridgehead atoms. The number of hydrogen-bond acceptors (Lipinski definition) is 3. The van der Waals surface area contributed by atoms with Gasteiger partial charge >= 0.3 is 0 Å². The number of piperazine rings is 1. The fourth-order valence-electron chi connectivity index (χ4n) is 3.38. The summed E-state index contributed by atoms with van der Waals surface area (Å²) in [5.41, 5.74) is 2.89. The van der Waals surface area contributed by atoms with E-state index in [1.165, 1.54) is 4.90 Å². The average Bonchev–Trinajstić information content (AvgIpc) is 2.65. The maximum atomic E-state index is 12.4. The first-order chi connectivity index (χ1) is 13.1. The summed E-state index contributed by atoms with van der Waals surface area (Å²) < 4.78 is 5.74. The molecule has 1 saturated heterocycles. The number of nitrogens with one attached hydrogen (secondary N) is 2. The number of benzene rings is 2. The predicted molar refractivity (Wildman–Crippen MR) is 110 cm³/mol. The van der Waals surface area contributed by atoms with E-state index in [2.05, 4.69) is 16.3 Å². The molecule has 2 aromatic carbocycles. The molecule has 1 heterocycles. The summed E-state index contributed by atoms with van der Waals surface area (Å²) in [7, 11) is 0. The molecule has 144 valence electrons. The number of quaternary nitrogens is 1. The van der Waals surface area contributed by atoms with Crippen LogP contribution >= 0.6 is 11.6 Å². The third-order valence-electron chi connectivity index (χ3n) is 4.79. The summed E-state index contributed by atoms with van der Waals surface area (Å²) in [5, 5.41) is 3.51. The zero-order valence-corrected chi connectivity index (χ0v) is 16.7. The van der Waals surface area contributed by atoms with Crippen molar-refractivity contribution in [3.63, 3.8) is 0 Å². The number of aryl methyl sites for hydroxylation is 1. The minimum Gasteiger partial charge on any atom is -0.492 e. The van der Waals surface area contributed by atoms with Crippen LogP contribution in [0.3, 0.4) is 0 Å². The minimum atomic E-state index is -0.00100. The van der Waals surface area contributed by atoms with Crippen LogP contribution in [0.5, 0.6) is 5.75 Å². The van der Waals surface area contributed by atoms with Crippen molar-refractivity contribution in [2.75, 3.05) is 49.5 Å². The molecule has 27 heavy (non-hydrogen) atoms. The maximum absolute atomic E-state index is 12.4. The number of nitrogens with zero attached hydrogens (tertiary/aromatic N) is 1. The van der Waals surface area contributed by atoms with Crippen LogP contribution in [0.15, 0.2) is 42.5 Å². The molecule has 0 saturated carbocycles. The first-order valence-corrected chi connectivity index (χ1v) is 9.81. The Morgan fingerprint density at radius 2 is 1.96 bits per heavy atom. The first-order valence-electron chi connectivity index (χ1n) is 9.43. The Bertz CT molecular complexity index is 789. The Labute approximate surface area is 165 Å². The number of amides is 1. The lowest BCUT2D eigenvalue weighted by molar-refractivity contribution is -0.892. The van der Waals surface area contributed by atoms with Gasteiger partial charge < -0.3 is 19.9 Å². The van der Waals surface area contributed by atoms with Crippen molar-refractivity contribution >= 4 is 28.9 Å². The third-order valence-corrected chi connectivity index (χ3v) is 5.10. The van der Waals surface area contributed by atoms with Gasteiger partial charge in [0.05, 0.1) is 49.2 Å². The number of carbonyl (C=O) groups excluding carboxylic acids is 1. The molecule has 1 fully saturated rings. The van der Waals surface area contributed by atoms with Crippen LogP contribution in [-0.4, -0.2) is 45.2 Å². The van der Waals surface area contributed by atoms with E-state index in [-0.39, 0.29) is 5.91 Å². The second-order valence-electron chi connectivity index (χ2n) is 6.85. The van der Waals surface area contributed by atoms with Gasteiger partial charge in [0.15, 0.2) is 6.54 Å². The van der Waals surface area contributed by atoms with E-state index in [0.29, 0.717) is 23.9 Å². The standard InChI is InChI=1S/C21H26ClN3O2/c1-3-27-20-7-5-4-6-19(20)25-12-10-24(11-13-25)15-21(26)23-18-9-8-16(2)14-17(18)22/h4-9,14H,3,10-13,15H2,1-2H3,(H,23,26)/p+1. The number of halogens is 1. The number of carbonyl (C=O) groups is 1. The molecular weight excluding hydrogens is 362 g/mol. The number of para-hydroxylation sites is 2. The van der Waals surface area contributed by atoms with E-state index in [0.717, 1.165) is 43.2 Å². The van der Waals surface area contributed by atoms with Gasteiger partial charge in [-0.05, 0) is 43.7 Å². The molecule has 0 spiro atoms. The summed E-state index contributed by atoms with van der Waals surface area (Å²) in [6, 6.07) is 13.8. The highest BCUT2D eigenvalue weighted by molar-refractivity contribution is 6.33. The molecule has 1 aliphatic rings. The monoisotopic (exact) mass is 388 g/mol. The summed E-state index contributed by atoms with van der Waals surface area (Å²) in [5.74, 6) is 0.925. The van der Waals surface area contributed by atoms with Crippen LogP contribution in [0, 0.1) is 6.92 Å². The molecule has 0 radical (unpaired) electrons. The molecule has 0 aromatic heterocycles. The lowest BCUT2D eigenvalue weighted by atomic mass is 10.2. The largest absolute Gasteiger partial charge is 0.492 e. The molecule has 5 nitrogen and oxygen atoms in total. The average molecular weight is 389 g/mol. The van der Waals surface area contributed by atoms with E-state index < -0.39 is 0 Å². The molecule has 3 rings (SSSR count). The van der Waals surface area contributed by atoms with Crippen molar-refractivity contribution in [3.8, 4) is 5.75 Å². The van der Waals surface area contributed by atoms with Crippen molar-refractivity contribution in [1.29, 1.82) is 0 Å². The van der Waals surface area contributed by atoms with E-state index in [9.17, 15) is 4.79 Å². The molecule has 0 aliphatic carbocycles. The Hall–Kier alpha value is -2.24. The normalized spacial score (nSPS) is 14.9. The summed E-state index contributed by atoms with van der Waals surface area (Å²) >= 11 is 6.20. The second-order valence-corrected chi connectivity index (χ2v) is 7.25. The quantitative estimate of drug-likeness (QED) is 0.798. The highest BCUT2D eigenvalue weighted by atomic mass is 35.5. The van der Waals surface area contributed by atoms with Gasteiger partial charge in [0.25, 0.3) is 5.91 Å². The molecule has 6 heteroatoms. The molecule has 0 atom stereocenters. The van der Waals surface area contributed by atoms with E-state index >= 15 is 0 Å². The maximum Gasteiger partial charge on any atom is 0.279 e. The van der Waals surface area contributed by atoms with Crippen molar-refractivity contribution in [3.05, 3.63) is 53.1 Å². The predicted octanol–water partition coefficient (Wildman–Crippen LogP) is 2.39. The molecule has 2 N–H and O–H groups in total. The van der Waals surface area contributed by atoms with Crippen molar-refractivity contribution in [2.24, 2.45) is 0 Å². The van der Waals surface area contributed by atoms with Gasteiger partial charge in [-0.15, -0.1) is 0 Å². The smallest absolute Gasteiger partial charge is 0.279 e. The van der Waals surface area contributed by atoms with Gasteiger partial charge in [-0.3, -0.25) is 4.79 Å². The van der Waals surface area contributed by atoms with E-state index in [1.807, 2.05) is 50.2 Å². The highest BCUT2D eigenvalue weighted by Crippen LogP contribution is 2.27. The lowest BCUT2D eigenvalue weighted by Crippen LogP contribution is -3.15. The fourth-order valence-corrected chi connectivity index (χ4v) is 3.66. The number of hydrogen-bond donors (Lipinski definition) is 2. The van der Waals surface area contributed by atoms with Gasteiger partial charge in [0.1, 0.15) is 5.75 Å². The number of ether oxygens (including phenoxy) is 1. The molecule has 2 aromatic rings. The topological polar surface area (TPSA) is 46.0 Å². The van der Waals surface area contributed by atoms with Crippen LogP contribution in [0.25, 0.3) is 0 Å². The van der Waals surface area contributed by atoms with Gasteiger partial charge in [-0.2, -0.15) is 0 Å². The Morgan fingerprint density at radius 1 is 1.22 bits per heavy atom. The molecule has 0 unspecified atom stereocenters. The Kier molecular flexibility index (Phi) is 6.58. The number of anilines is 2. The third kappa shape index (κ3) is 5.15. The highest BCUT2D eigenvalue weighted by Gasteiger charge is 2.24. The zero-order valence-electron chi connectivity index (χ0n) is 15.9. The summed E-state index contributed by atoms with van der Waals surface area (Å²) in [4.78, 5) is 16.0. The molecular formula is C21H27ClN3O2+. The number of rotatable bonds is 6. The van der Waals surface area contributed by atoms with Crippen LogP contribution in [-0.2, 0) is 4.79 Å². The van der Waals surface area contributed by atoms with Gasteiger partial charge in [0.2, 0.25) is 0 Å². The second kappa shape index (κ2) is 9.11. The molecule has 1 amide bonds. The van der Waals surface area contributed by atoms with Gasteiger partial charge in [0, 0.05) is 0 Å². The first kappa shape index (κ1) is 19.5. The van der Waals surface area contributed by atoms with Crippen LogP contribution in [0.2, 0.25) is 5.02 Å². The van der Waals surface area contributed by atoms with Crippen molar-refractivity contribution < 1.29 is 14.4 Å². The zero-order chi connectivity index (χ0) is 19.2. The van der Waals surface area contributed by atoms with E-state index in [4.69, 9.17) is 16.3 Å². The SMILES string of the molecule is CCOc1ccccc1N1CC[NH+](CC(=O)Nc2ccc(C)cc2Cl)CC1. The Morgan fingerprint density at radius 3 is 2.67 bits per heavy atom. The van der Waals surface area contributed by atoms with Gasteiger partial charge in [-0.1, -0.05) is 29.8 Å². The van der Waals surface area contributed by atoms with E-state index in [1.54, 1.807) is 0 Å². The van der Waals surface area contributed by atoms with Crippen molar-refractivity contribution in [1.82, 2.24) is 0 Å². The lowest BCUT2D eigenvalue weighted by Gasteiger charge is -2.34. The van der Waals surface area contributed by atoms with Gasteiger partial charge in [-0.25, -0.2) is 0 Å². The van der Waals surface area contributed by atoms with Crippen LogP contribution < -0.4 is 19.9 Å². The van der Waals surface area contributed by atoms with Crippen LogP contribution in [0.4, 0.5) is 11.4 Å². The van der Waals surface area contributed by atoms with Crippen LogP contribution in [0.1, 0.15) is 12.5 Å². The fraction of sp³-hybridized carbons (Fsp3) is 0.381. The van der Waals surface area contributed by atoms with Crippen molar-refractivity contribution in [2.45, 2.75) is 13.8 Å². The summed E-state index contributed by atoms with van der Waals surface area (Å²) in [6.45, 7) is 8.71.